The van der Waals surface area contributed by atoms with Gasteiger partial charge in [-0.15, -0.1) is 0 Å². The Morgan fingerprint density at radius 1 is 1.25 bits per heavy atom. The standard InChI is InChI=1S/C18H19FN2O3/c1-21-8-7-11-9-14-16(24-10-23-14)17(22-2)15(11)18(21)20-13-5-3-12(19)4-6-13/h3-6,9,18,20H,7-8,10H2,1-2H3/p+1/t18-/m0/s1. The smallest absolute Gasteiger partial charge is 0.231 e. The summed E-state index contributed by atoms with van der Waals surface area (Å²) in [6.07, 6.45) is 0.930. The van der Waals surface area contributed by atoms with E-state index >= 15 is 0 Å². The third kappa shape index (κ3) is 2.43. The van der Waals surface area contributed by atoms with E-state index in [1.54, 1.807) is 19.2 Å². The Morgan fingerprint density at radius 3 is 2.79 bits per heavy atom. The van der Waals surface area contributed by atoms with Gasteiger partial charge >= 0.3 is 0 Å². The molecule has 2 aliphatic heterocycles. The SMILES string of the molecule is COc1c2c(cc3c1[C@@H](Nc1ccc(F)cc1)[NH+](C)CC3)OCO2. The fourth-order valence-corrected chi connectivity index (χ4v) is 3.43. The highest BCUT2D eigenvalue weighted by Gasteiger charge is 2.36. The molecule has 4 rings (SSSR count). The van der Waals surface area contributed by atoms with Crippen LogP contribution in [0.25, 0.3) is 0 Å². The first-order chi connectivity index (χ1) is 11.7. The average Bonchev–Trinajstić information content (AvgIpc) is 3.05. The van der Waals surface area contributed by atoms with Crippen LogP contribution in [0.15, 0.2) is 30.3 Å². The zero-order chi connectivity index (χ0) is 16.7. The fraction of sp³-hybridized carbons (Fsp3) is 0.333. The van der Waals surface area contributed by atoms with Gasteiger partial charge in [0.15, 0.2) is 17.7 Å². The van der Waals surface area contributed by atoms with Gasteiger partial charge in [-0.05, 0) is 35.9 Å². The molecule has 0 bridgehead atoms. The zero-order valence-corrected chi connectivity index (χ0v) is 13.7. The van der Waals surface area contributed by atoms with Crippen LogP contribution < -0.4 is 24.4 Å². The van der Waals surface area contributed by atoms with Crippen LogP contribution in [-0.4, -0.2) is 27.5 Å². The third-order valence-corrected chi connectivity index (χ3v) is 4.67. The van der Waals surface area contributed by atoms with Gasteiger partial charge in [0, 0.05) is 12.1 Å². The van der Waals surface area contributed by atoms with E-state index in [9.17, 15) is 4.39 Å². The predicted molar refractivity (Wildman–Crippen MR) is 87.3 cm³/mol. The highest BCUT2D eigenvalue weighted by atomic mass is 19.1. The summed E-state index contributed by atoms with van der Waals surface area (Å²) in [5.74, 6) is 1.88. The Bertz CT molecular complexity index is 764. The van der Waals surface area contributed by atoms with Crippen LogP contribution in [0.1, 0.15) is 17.3 Å². The Hall–Kier alpha value is -2.47. The van der Waals surface area contributed by atoms with Gasteiger partial charge in [0.25, 0.3) is 0 Å². The topological polar surface area (TPSA) is 44.2 Å². The summed E-state index contributed by atoms with van der Waals surface area (Å²) in [6, 6.07) is 8.45. The van der Waals surface area contributed by atoms with Crippen molar-refractivity contribution in [3.8, 4) is 17.2 Å². The van der Waals surface area contributed by atoms with Gasteiger partial charge < -0.3 is 24.4 Å². The summed E-state index contributed by atoms with van der Waals surface area (Å²) in [5.41, 5.74) is 3.14. The Kier molecular flexibility index (Phi) is 3.69. The van der Waals surface area contributed by atoms with E-state index in [4.69, 9.17) is 14.2 Å². The van der Waals surface area contributed by atoms with Crippen LogP contribution in [0, 0.1) is 5.82 Å². The van der Waals surface area contributed by atoms with Crippen molar-refractivity contribution in [2.24, 2.45) is 0 Å². The van der Waals surface area contributed by atoms with Crippen LogP contribution >= 0.6 is 0 Å². The molecule has 0 radical (unpaired) electrons. The maximum atomic E-state index is 13.2. The highest BCUT2D eigenvalue weighted by molar-refractivity contribution is 5.62. The van der Waals surface area contributed by atoms with E-state index in [1.807, 2.05) is 6.07 Å². The largest absolute Gasteiger partial charge is 0.492 e. The van der Waals surface area contributed by atoms with Crippen molar-refractivity contribution in [2.45, 2.75) is 12.6 Å². The molecule has 2 N–H and O–H groups in total. The van der Waals surface area contributed by atoms with Crippen molar-refractivity contribution in [2.75, 3.05) is 32.8 Å². The zero-order valence-electron chi connectivity index (χ0n) is 13.7. The summed E-state index contributed by atoms with van der Waals surface area (Å²) in [4.78, 5) is 1.31. The van der Waals surface area contributed by atoms with Gasteiger partial charge in [-0.3, -0.25) is 0 Å². The molecule has 2 aromatic rings. The average molecular weight is 331 g/mol. The van der Waals surface area contributed by atoms with Crippen molar-refractivity contribution < 1.29 is 23.5 Å². The molecule has 0 amide bonds. The Morgan fingerprint density at radius 2 is 2.04 bits per heavy atom. The lowest BCUT2D eigenvalue weighted by molar-refractivity contribution is -0.910. The van der Waals surface area contributed by atoms with Crippen LogP contribution in [0.5, 0.6) is 17.2 Å². The lowest BCUT2D eigenvalue weighted by atomic mass is 9.94. The van der Waals surface area contributed by atoms with Crippen LogP contribution in [-0.2, 0) is 6.42 Å². The second-order valence-electron chi connectivity index (χ2n) is 6.15. The lowest BCUT2D eigenvalue weighted by Crippen LogP contribution is -3.11. The van der Waals surface area contributed by atoms with Crippen LogP contribution in [0.2, 0.25) is 0 Å². The molecule has 1 unspecified atom stereocenters. The van der Waals surface area contributed by atoms with Crippen molar-refractivity contribution >= 4 is 5.69 Å². The summed E-state index contributed by atoms with van der Waals surface area (Å²) >= 11 is 0. The first-order valence-corrected chi connectivity index (χ1v) is 8.01. The number of ether oxygens (including phenoxy) is 3. The molecule has 5 nitrogen and oxygen atoms in total. The lowest BCUT2D eigenvalue weighted by Gasteiger charge is -2.33. The predicted octanol–water partition coefficient (Wildman–Crippen LogP) is 1.74. The minimum atomic E-state index is -0.244. The first kappa shape index (κ1) is 15.1. The molecule has 0 spiro atoms. The van der Waals surface area contributed by atoms with Crippen molar-refractivity contribution in [1.29, 1.82) is 0 Å². The molecule has 0 fully saturated rings. The molecule has 126 valence electrons. The number of nitrogens with one attached hydrogen (secondary N) is 2. The molecule has 0 saturated heterocycles. The summed E-state index contributed by atoms with van der Waals surface area (Å²) in [6.45, 7) is 1.20. The van der Waals surface area contributed by atoms with Crippen LogP contribution in [0.3, 0.4) is 0 Å². The molecule has 0 aliphatic carbocycles. The number of anilines is 1. The van der Waals surface area contributed by atoms with Crippen molar-refractivity contribution in [1.82, 2.24) is 0 Å². The monoisotopic (exact) mass is 331 g/mol. The number of hydrogen-bond donors (Lipinski definition) is 2. The Balaban J connectivity index is 1.78. The number of hydrogen-bond acceptors (Lipinski definition) is 4. The number of rotatable bonds is 3. The molecular formula is C18H20FN2O3+. The van der Waals surface area contributed by atoms with E-state index in [0.717, 1.165) is 35.7 Å². The maximum absolute atomic E-state index is 13.2. The number of halogens is 1. The molecule has 2 atom stereocenters. The van der Waals surface area contributed by atoms with Gasteiger partial charge in [-0.2, -0.15) is 0 Å². The van der Waals surface area contributed by atoms with E-state index in [-0.39, 0.29) is 18.8 Å². The fourth-order valence-electron chi connectivity index (χ4n) is 3.43. The van der Waals surface area contributed by atoms with E-state index in [0.29, 0.717) is 5.75 Å². The number of benzene rings is 2. The van der Waals surface area contributed by atoms with E-state index < -0.39 is 0 Å². The summed E-state index contributed by atoms with van der Waals surface area (Å²) in [7, 11) is 3.78. The van der Waals surface area contributed by atoms with Gasteiger partial charge in [-0.1, -0.05) is 0 Å². The van der Waals surface area contributed by atoms with Crippen molar-refractivity contribution in [3.05, 3.63) is 47.3 Å². The number of likely N-dealkylation sites (N-methyl/N-ethyl adjacent to an activating group) is 1. The minimum absolute atomic E-state index is 0.0105. The molecule has 0 aromatic heterocycles. The molecule has 2 aliphatic rings. The minimum Gasteiger partial charge on any atom is -0.492 e. The number of quaternary nitrogens is 1. The normalized spacial score (nSPS) is 21.3. The molecule has 24 heavy (non-hydrogen) atoms. The van der Waals surface area contributed by atoms with E-state index in [2.05, 4.69) is 12.4 Å². The number of methoxy groups -OCH3 is 1. The molecule has 2 aromatic carbocycles. The highest BCUT2D eigenvalue weighted by Crippen LogP contribution is 2.47. The molecule has 0 saturated carbocycles. The summed E-state index contributed by atoms with van der Waals surface area (Å²) < 4.78 is 30.0. The van der Waals surface area contributed by atoms with Gasteiger partial charge in [0.2, 0.25) is 12.5 Å². The van der Waals surface area contributed by atoms with E-state index in [1.165, 1.54) is 22.6 Å². The first-order valence-electron chi connectivity index (χ1n) is 8.01. The van der Waals surface area contributed by atoms with Gasteiger partial charge in [0.1, 0.15) is 5.82 Å². The molecule has 2 heterocycles. The quantitative estimate of drug-likeness (QED) is 0.899. The Labute approximate surface area is 139 Å². The maximum Gasteiger partial charge on any atom is 0.231 e. The van der Waals surface area contributed by atoms with Crippen molar-refractivity contribution in [3.63, 3.8) is 0 Å². The van der Waals surface area contributed by atoms with Gasteiger partial charge in [0.05, 0.1) is 26.3 Å². The van der Waals surface area contributed by atoms with Crippen LogP contribution in [0.4, 0.5) is 10.1 Å². The summed E-state index contributed by atoms with van der Waals surface area (Å²) in [5, 5.41) is 3.50. The molecule has 6 heteroatoms. The third-order valence-electron chi connectivity index (χ3n) is 4.67. The number of fused-ring (bicyclic) bond motifs is 2. The van der Waals surface area contributed by atoms with Gasteiger partial charge in [-0.25, -0.2) is 4.39 Å². The second kappa shape index (κ2) is 5.87. The second-order valence-corrected chi connectivity index (χ2v) is 6.15. The molecular weight excluding hydrogens is 311 g/mol.